The SMILES string of the molecule is CC(OC(=O)COc1ccc(N)cc1)C(=O)NC(C)(C)C. The van der Waals surface area contributed by atoms with Crippen molar-refractivity contribution in [2.45, 2.75) is 39.3 Å². The lowest BCUT2D eigenvalue weighted by molar-refractivity contribution is -0.157. The number of nitrogen functional groups attached to an aromatic ring is 1. The van der Waals surface area contributed by atoms with Crippen LogP contribution in [0, 0.1) is 0 Å². The number of carbonyl (C=O) groups is 2. The molecule has 0 spiro atoms. The molecule has 0 aliphatic rings. The highest BCUT2D eigenvalue weighted by atomic mass is 16.6. The lowest BCUT2D eigenvalue weighted by Gasteiger charge is -2.23. The number of esters is 1. The summed E-state index contributed by atoms with van der Waals surface area (Å²) in [7, 11) is 0. The first-order valence-corrected chi connectivity index (χ1v) is 6.67. The monoisotopic (exact) mass is 294 g/mol. The van der Waals surface area contributed by atoms with Gasteiger partial charge in [0.1, 0.15) is 5.75 Å². The summed E-state index contributed by atoms with van der Waals surface area (Å²) in [5.74, 6) is -0.445. The van der Waals surface area contributed by atoms with E-state index in [0.29, 0.717) is 11.4 Å². The van der Waals surface area contributed by atoms with Gasteiger partial charge < -0.3 is 20.5 Å². The predicted molar refractivity (Wildman–Crippen MR) is 79.8 cm³/mol. The van der Waals surface area contributed by atoms with Gasteiger partial charge in [-0.1, -0.05) is 0 Å². The third-order valence-corrected chi connectivity index (χ3v) is 2.41. The second-order valence-electron chi connectivity index (χ2n) is 5.73. The Labute approximate surface area is 124 Å². The van der Waals surface area contributed by atoms with Gasteiger partial charge in [0, 0.05) is 11.2 Å². The van der Waals surface area contributed by atoms with Crippen LogP contribution >= 0.6 is 0 Å². The van der Waals surface area contributed by atoms with Crippen molar-refractivity contribution in [2.24, 2.45) is 0 Å². The number of hydrogen-bond acceptors (Lipinski definition) is 5. The van der Waals surface area contributed by atoms with Crippen molar-refractivity contribution in [1.82, 2.24) is 5.32 Å². The molecule has 0 aliphatic carbocycles. The van der Waals surface area contributed by atoms with E-state index in [1.807, 2.05) is 20.8 Å². The van der Waals surface area contributed by atoms with Crippen LogP contribution in [0.5, 0.6) is 5.75 Å². The van der Waals surface area contributed by atoms with Gasteiger partial charge in [-0.3, -0.25) is 4.79 Å². The van der Waals surface area contributed by atoms with E-state index in [0.717, 1.165) is 0 Å². The van der Waals surface area contributed by atoms with Gasteiger partial charge in [0.25, 0.3) is 5.91 Å². The van der Waals surface area contributed by atoms with E-state index in [1.165, 1.54) is 6.92 Å². The fourth-order valence-electron chi connectivity index (χ4n) is 1.46. The summed E-state index contributed by atoms with van der Waals surface area (Å²) in [6, 6.07) is 6.64. The van der Waals surface area contributed by atoms with Crippen molar-refractivity contribution in [3.8, 4) is 5.75 Å². The molecule has 0 heterocycles. The van der Waals surface area contributed by atoms with Gasteiger partial charge in [-0.15, -0.1) is 0 Å². The molecule has 6 heteroatoms. The molecule has 1 amide bonds. The number of hydrogen-bond donors (Lipinski definition) is 2. The van der Waals surface area contributed by atoms with Crippen molar-refractivity contribution < 1.29 is 19.1 Å². The van der Waals surface area contributed by atoms with E-state index in [2.05, 4.69) is 5.32 Å². The quantitative estimate of drug-likeness (QED) is 0.634. The number of amides is 1. The fraction of sp³-hybridized carbons (Fsp3) is 0.467. The van der Waals surface area contributed by atoms with Crippen molar-refractivity contribution in [1.29, 1.82) is 0 Å². The van der Waals surface area contributed by atoms with E-state index < -0.39 is 12.1 Å². The molecule has 0 radical (unpaired) electrons. The molecule has 0 fully saturated rings. The van der Waals surface area contributed by atoms with Crippen molar-refractivity contribution in [2.75, 3.05) is 12.3 Å². The zero-order valence-electron chi connectivity index (χ0n) is 12.8. The number of benzene rings is 1. The Morgan fingerprint density at radius 3 is 2.33 bits per heavy atom. The smallest absolute Gasteiger partial charge is 0.344 e. The second-order valence-corrected chi connectivity index (χ2v) is 5.73. The summed E-state index contributed by atoms with van der Waals surface area (Å²) < 4.78 is 10.2. The summed E-state index contributed by atoms with van der Waals surface area (Å²) in [5, 5.41) is 2.73. The summed E-state index contributed by atoms with van der Waals surface area (Å²) in [5.41, 5.74) is 5.77. The van der Waals surface area contributed by atoms with Crippen LogP contribution in [0.4, 0.5) is 5.69 Å². The largest absolute Gasteiger partial charge is 0.482 e. The average Bonchev–Trinajstić information content (AvgIpc) is 2.36. The molecule has 0 bridgehead atoms. The Kier molecular flexibility index (Phi) is 5.58. The third kappa shape index (κ3) is 6.65. The molecule has 0 aliphatic heterocycles. The highest BCUT2D eigenvalue weighted by Crippen LogP contribution is 2.13. The standard InChI is InChI=1S/C15H22N2O4/c1-10(14(19)17-15(2,3)4)21-13(18)9-20-12-7-5-11(16)6-8-12/h5-8,10H,9,16H2,1-4H3,(H,17,19). The van der Waals surface area contributed by atoms with Gasteiger partial charge in [0.2, 0.25) is 0 Å². The molecule has 1 atom stereocenters. The van der Waals surface area contributed by atoms with Crippen molar-refractivity contribution >= 4 is 17.6 Å². The number of nitrogens with one attached hydrogen (secondary N) is 1. The maximum absolute atomic E-state index is 11.8. The van der Waals surface area contributed by atoms with Crippen LogP contribution < -0.4 is 15.8 Å². The Morgan fingerprint density at radius 1 is 1.24 bits per heavy atom. The molecule has 0 saturated carbocycles. The van der Waals surface area contributed by atoms with Crippen LogP contribution in [0.15, 0.2) is 24.3 Å². The van der Waals surface area contributed by atoms with Crippen molar-refractivity contribution in [3.63, 3.8) is 0 Å². The average molecular weight is 294 g/mol. The molecule has 1 aromatic carbocycles. The molecular weight excluding hydrogens is 272 g/mol. The first kappa shape index (κ1) is 16.8. The summed E-state index contributed by atoms with van der Waals surface area (Å²) in [6.07, 6.45) is -0.869. The lowest BCUT2D eigenvalue weighted by Crippen LogP contribution is -2.46. The molecule has 1 unspecified atom stereocenters. The number of carbonyl (C=O) groups excluding carboxylic acids is 2. The van der Waals surface area contributed by atoms with E-state index >= 15 is 0 Å². The maximum Gasteiger partial charge on any atom is 0.344 e. The number of ether oxygens (including phenoxy) is 2. The Morgan fingerprint density at radius 2 is 1.81 bits per heavy atom. The topological polar surface area (TPSA) is 90.7 Å². The highest BCUT2D eigenvalue weighted by Gasteiger charge is 2.22. The van der Waals surface area contributed by atoms with Crippen LogP contribution in [0.3, 0.4) is 0 Å². The second kappa shape index (κ2) is 6.97. The number of rotatable bonds is 5. The van der Waals surface area contributed by atoms with E-state index in [9.17, 15) is 9.59 Å². The van der Waals surface area contributed by atoms with Gasteiger partial charge in [-0.05, 0) is 52.0 Å². The van der Waals surface area contributed by atoms with Gasteiger partial charge in [-0.25, -0.2) is 4.79 Å². The summed E-state index contributed by atoms with van der Waals surface area (Å²) in [4.78, 5) is 23.4. The number of nitrogens with two attached hydrogens (primary N) is 1. The third-order valence-electron chi connectivity index (χ3n) is 2.41. The molecule has 116 valence electrons. The van der Waals surface area contributed by atoms with Crippen LogP contribution in [-0.2, 0) is 14.3 Å². The maximum atomic E-state index is 11.8. The number of anilines is 1. The first-order chi connectivity index (χ1) is 9.67. The fourth-order valence-corrected chi connectivity index (χ4v) is 1.46. The van der Waals surface area contributed by atoms with Gasteiger partial charge in [0.05, 0.1) is 0 Å². The minimum absolute atomic E-state index is 0.267. The molecule has 1 aromatic rings. The molecule has 3 N–H and O–H groups in total. The van der Waals surface area contributed by atoms with Gasteiger partial charge in [-0.2, -0.15) is 0 Å². The minimum atomic E-state index is -0.869. The molecule has 1 rings (SSSR count). The predicted octanol–water partition coefficient (Wildman–Crippen LogP) is 1.49. The minimum Gasteiger partial charge on any atom is -0.482 e. The van der Waals surface area contributed by atoms with Crippen LogP contribution in [0.1, 0.15) is 27.7 Å². The first-order valence-electron chi connectivity index (χ1n) is 6.67. The zero-order chi connectivity index (χ0) is 16.0. The van der Waals surface area contributed by atoms with Gasteiger partial charge in [0.15, 0.2) is 12.7 Å². The highest BCUT2D eigenvalue weighted by molar-refractivity contribution is 5.84. The van der Waals surface area contributed by atoms with E-state index in [-0.39, 0.29) is 18.1 Å². The van der Waals surface area contributed by atoms with Crippen LogP contribution in [0.2, 0.25) is 0 Å². The van der Waals surface area contributed by atoms with E-state index in [4.69, 9.17) is 15.2 Å². The summed E-state index contributed by atoms with van der Waals surface area (Å²) in [6.45, 7) is 6.80. The van der Waals surface area contributed by atoms with E-state index in [1.54, 1.807) is 24.3 Å². The van der Waals surface area contributed by atoms with Gasteiger partial charge >= 0.3 is 5.97 Å². The molecule has 0 saturated heterocycles. The zero-order valence-corrected chi connectivity index (χ0v) is 12.8. The Bertz CT molecular complexity index is 491. The van der Waals surface area contributed by atoms with Crippen LogP contribution in [-0.4, -0.2) is 30.1 Å². The normalized spacial score (nSPS) is 12.4. The van der Waals surface area contributed by atoms with Crippen LogP contribution in [0.25, 0.3) is 0 Å². The Balaban J connectivity index is 2.39. The molecule has 0 aromatic heterocycles. The summed E-state index contributed by atoms with van der Waals surface area (Å²) >= 11 is 0. The van der Waals surface area contributed by atoms with Crippen molar-refractivity contribution in [3.05, 3.63) is 24.3 Å². The lowest BCUT2D eigenvalue weighted by atomic mass is 10.1. The molecule has 6 nitrogen and oxygen atoms in total. The Hall–Kier alpha value is -2.24. The molecular formula is C15H22N2O4. The molecule has 21 heavy (non-hydrogen) atoms.